The fourth-order valence-electron chi connectivity index (χ4n) is 3.65. The number of benzene rings is 1. The van der Waals surface area contributed by atoms with E-state index in [-0.39, 0.29) is 0 Å². The number of hydrogen-bond donors (Lipinski definition) is 1. The quantitative estimate of drug-likeness (QED) is 0.771. The van der Waals surface area contributed by atoms with Crippen LogP contribution in [0.4, 0.5) is 0 Å². The standard InChI is InChI=1S/C19H25NS/c1-12-9-10-19(17-8-6-5-7-16(12)17)20-14(3)18-11-13(2)21-15(18)4/h5-8,11-12,14,19-20H,9-10H2,1-4H3. The Balaban J connectivity index is 1.83. The summed E-state index contributed by atoms with van der Waals surface area (Å²) in [5.74, 6) is 0.694. The van der Waals surface area contributed by atoms with Crippen LogP contribution in [0.25, 0.3) is 0 Å². The number of aryl methyl sites for hydroxylation is 2. The van der Waals surface area contributed by atoms with Gasteiger partial charge in [0, 0.05) is 21.8 Å². The van der Waals surface area contributed by atoms with Crippen molar-refractivity contribution in [1.29, 1.82) is 0 Å². The molecule has 0 saturated carbocycles. The molecule has 0 aliphatic heterocycles. The molecule has 0 fully saturated rings. The molecule has 21 heavy (non-hydrogen) atoms. The van der Waals surface area contributed by atoms with Crippen molar-refractivity contribution >= 4 is 11.3 Å². The minimum absolute atomic E-state index is 0.418. The number of nitrogens with one attached hydrogen (secondary N) is 1. The van der Waals surface area contributed by atoms with Crippen LogP contribution in [0.1, 0.15) is 71.1 Å². The summed E-state index contributed by atoms with van der Waals surface area (Å²) >= 11 is 1.91. The Morgan fingerprint density at radius 3 is 2.52 bits per heavy atom. The van der Waals surface area contributed by atoms with Crippen molar-refractivity contribution in [3.05, 3.63) is 56.8 Å². The van der Waals surface area contributed by atoms with Gasteiger partial charge in [0.1, 0.15) is 0 Å². The molecule has 0 spiro atoms. The summed E-state index contributed by atoms with van der Waals surface area (Å²) < 4.78 is 0. The van der Waals surface area contributed by atoms with Gasteiger partial charge >= 0.3 is 0 Å². The van der Waals surface area contributed by atoms with Gasteiger partial charge in [-0.1, -0.05) is 31.2 Å². The predicted octanol–water partition coefficient (Wildman–Crippen LogP) is 5.65. The summed E-state index contributed by atoms with van der Waals surface area (Å²) in [7, 11) is 0. The second-order valence-electron chi connectivity index (χ2n) is 6.42. The molecule has 3 unspecified atom stereocenters. The van der Waals surface area contributed by atoms with E-state index in [1.165, 1.54) is 39.3 Å². The summed E-state index contributed by atoms with van der Waals surface area (Å²) in [6, 6.07) is 12.2. The molecular weight excluding hydrogens is 274 g/mol. The van der Waals surface area contributed by atoms with Crippen molar-refractivity contribution in [2.75, 3.05) is 0 Å². The van der Waals surface area contributed by atoms with Crippen LogP contribution in [0.3, 0.4) is 0 Å². The average molecular weight is 299 g/mol. The lowest BCUT2D eigenvalue weighted by Crippen LogP contribution is -2.28. The lowest BCUT2D eigenvalue weighted by atomic mass is 9.80. The highest BCUT2D eigenvalue weighted by Crippen LogP contribution is 2.38. The molecule has 3 atom stereocenters. The fraction of sp³-hybridized carbons (Fsp3) is 0.474. The smallest absolute Gasteiger partial charge is 0.0328 e. The van der Waals surface area contributed by atoms with Crippen LogP contribution >= 0.6 is 11.3 Å². The molecule has 0 amide bonds. The molecular formula is C19H25NS. The molecule has 1 aromatic carbocycles. The minimum atomic E-state index is 0.418. The maximum atomic E-state index is 3.87. The normalized spacial score (nSPS) is 22.9. The molecule has 1 aromatic heterocycles. The van der Waals surface area contributed by atoms with Gasteiger partial charge in [-0.2, -0.15) is 0 Å². The third-order valence-corrected chi connectivity index (χ3v) is 5.77. The molecule has 112 valence electrons. The van der Waals surface area contributed by atoms with E-state index in [1.807, 2.05) is 11.3 Å². The minimum Gasteiger partial charge on any atom is -0.303 e. The SMILES string of the molecule is Cc1cc(C(C)NC2CCC(C)c3ccccc32)c(C)s1. The highest BCUT2D eigenvalue weighted by atomic mass is 32.1. The van der Waals surface area contributed by atoms with E-state index < -0.39 is 0 Å². The summed E-state index contributed by atoms with van der Waals surface area (Å²) in [4.78, 5) is 2.86. The van der Waals surface area contributed by atoms with Gasteiger partial charge in [0.05, 0.1) is 0 Å². The van der Waals surface area contributed by atoms with Crippen molar-refractivity contribution in [1.82, 2.24) is 5.32 Å². The molecule has 1 aliphatic carbocycles. The first-order valence-electron chi connectivity index (χ1n) is 7.98. The van der Waals surface area contributed by atoms with E-state index in [2.05, 4.69) is 63.3 Å². The molecule has 0 saturated heterocycles. The summed E-state index contributed by atoms with van der Waals surface area (Å²) in [5.41, 5.74) is 4.51. The topological polar surface area (TPSA) is 12.0 Å². The molecule has 1 N–H and O–H groups in total. The van der Waals surface area contributed by atoms with Gasteiger partial charge in [0.2, 0.25) is 0 Å². The third-order valence-electron chi connectivity index (χ3n) is 4.79. The molecule has 2 aromatic rings. The Bertz CT molecular complexity index is 628. The third kappa shape index (κ3) is 2.93. The number of hydrogen-bond acceptors (Lipinski definition) is 2. The van der Waals surface area contributed by atoms with Gasteiger partial charge in [-0.15, -0.1) is 11.3 Å². The second kappa shape index (κ2) is 5.94. The first-order valence-corrected chi connectivity index (χ1v) is 8.79. The van der Waals surface area contributed by atoms with Crippen LogP contribution in [-0.4, -0.2) is 0 Å². The summed E-state index contributed by atoms with van der Waals surface area (Å²) in [6.45, 7) is 9.09. The molecule has 0 bridgehead atoms. The van der Waals surface area contributed by atoms with Gasteiger partial charge in [-0.3, -0.25) is 0 Å². The highest BCUT2D eigenvalue weighted by molar-refractivity contribution is 7.12. The van der Waals surface area contributed by atoms with Crippen molar-refractivity contribution in [3.8, 4) is 0 Å². The Hall–Kier alpha value is -1.12. The molecule has 1 nitrogen and oxygen atoms in total. The Morgan fingerprint density at radius 1 is 1.14 bits per heavy atom. The van der Waals surface area contributed by atoms with Gasteiger partial charge in [0.15, 0.2) is 0 Å². The van der Waals surface area contributed by atoms with Crippen LogP contribution in [0, 0.1) is 13.8 Å². The lowest BCUT2D eigenvalue weighted by Gasteiger charge is -2.32. The van der Waals surface area contributed by atoms with E-state index in [0.29, 0.717) is 18.0 Å². The van der Waals surface area contributed by atoms with Crippen molar-refractivity contribution in [2.45, 2.75) is 58.5 Å². The molecule has 2 heteroatoms. The van der Waals surface area contributed by atoms with Crippen LogP contribution in [0.5, 0.6) is 0 Å². The van der Waals surface area contributed by atoms with Gasteiger partial charge in [-0.25, -0.2) is 0 Å². The molecule has 3 rings (SSSR count). The van der Waals surface area contributed by atoms with Crippen LogP contribution in [-0.2, 0) is 0 Å². The maximum Gasteiger partial charge on any atom is 0.0328 e. The lowest BCUT2D eigenvalue weighted by molar-refractivity contribution is 0.396. The molecule has 1 heterocycles. The second-order valence-corrected chi connectivity index (χ2v) is 7.88. The van der Waals surface area contributed by atoms with Crippen LogP contribution in [0.15, 0.2) is 30.3 Å². The zero-order valence-electron chi connectivity index (χ0n) is 13.4. The van der Waals surface area contributed by atoms with E-state index in [9.17, 15) is 0 Å². The van der Waals surface area contributed by atoms with Gasteiger partial charge < -0.3 is 5.32 Å². The van der Waals surface area contributed by atoms with Crippen LogP contribution in [0.2, 0.25) is 0 Å². The fourth-order valence-corrected chi connectivity index (χ4v) is 4.67. The van der Waals surface area contributed by atoms with Crippen molar-refractivity contribution < 1.29 is 0 Å². The van der Waals surface area contributed by atoms with Gasteiger partial charge in [-0.05, 0) is 62.3 Å². The first kappa shape index (κ1) is 14.8. The molecule has 1 aliphatic rings. The predicted molar refractivity (Wildman–Crippen MR) is 92.2 cm³/mol. The van der Waals surface area contributed by atoms with Crippen LogP contribution < -0.4 is 5.32 Å². The highest BCUT2D eigenvalue weighted by Gasteiger charge is 2.26. The monoisotopic (exact) mass is 299 g/mol. The number of thiophene rings is 1. The largest absolute Gasteiger partial charge is 0.303 e. The summed E-state index contributed by atoms with van der Waals surface area (Å²) in [5, 5.41) is 3.87. The van der Waals surface area contributed by atoms with Crippen molar-refractivity contribution in [3.63, 3.8) is 0 Å². The van der Waals surface area contributed by atoms with E-state index in [1.54, 1.807) is 0 Å². The summed E-state index contributed by atoms with van der Waals surface area (Å²) in [6.07, 6.45) is 2.52. The number of fused-ring (bicyclic) bond motifs is 1. The average Bonchev–Trinajstić information content (AvgIpc) is 2.81. The van der Waals surface area contributed by atoms with Gasteiger partial charge in [0.25, 0.3) is 0 Å². The maximum absolute atomic E-state index is 3.87. The zero-order chi connectivity index (χ0) is 15.0. The Kier molecular flexibility index (Phi) is 4.19. The van der Waals surface area contributed by atoms with E-state index in [0.717, 1.165) is 0 Å². The van der Waals surface area contributed by atoms with Crippen molar-refractivity contribution in [2.24, 2.45) is 0 Å². The zero-order valence-corrected chi connectivity index (χ0v) is 14.3. The van der Waals surface area contributed by atoms with E-state index in [4.69, 9.17) is 0 Å². The Morgan fingerprint density at radius 2 is 1.86 bits per heavy atom. The molecule has 0 radical (unpaired) electrons. The van der Waals surface area contributed by atoms with E-state index >= 15 is 0 Å². The first-order chi connectivity index (χ1) is 10.1. The Labute approximate surface area is 132 Å². The number of rotatable bonds is 3.